The van der Waals surface area contributed by atoms with Gasteiger partial charge in [-0.3, -0.25) is 4.79 Å². The van der Waals surface area contributed by atoms with Gasteiger partial charge in [0.05, 0.1) is 12.9 Å². The number of allylic oxidation sites excluding steroid dienone is 1. The second-order valence-electron chi connectivity index (χ2n) is 1.78. The monoisotopic (exact) mass is 180 g/mol. The highest BCUT2D eigenvalue weighted by Crippen LogP contribution is 1.87. The van der Waals surface area contributed by atoms with Crippen molar-refractivity contribution in [1.82, 2.24) is 0 Å². The van der Waals surface area contributed by atoms with Crippen molar-refractivity contribution >= 4 is 16.8 Å². The fourth-order valence-corrected chi connectivity index (χ4v) is 0.372. The van der Waals surface area contributed by atoms with Crippen LogP contribution in [0.2, 0.25) is 0 Å². The molecule has 0 radical (unpaired) electrons. The second-order valence-corrected chi connectivity index (χ2v) is 2.15. The predicted molar refractivity (Wildman–Crippen MR) is 39.0 cm³/mol. The molecule has 4 nitrogen and oxygen atoms in total. The van der Waals surface area contributed by atoms with Gasteiger partial charge in [0.1, 0.15) is 12.7 Å². The van der Waals surface area contributed by atoms with E-state index in [0.29, 0.717) is 0 Å². The van der Waals surface area contributed by atoms with Gasteiger partial charge in [-0.05, 0) is 11.6 Å². The van der Waals surface area contributed by atoms with Crippen molar-refractivity contribution in [3.63, 3.8) is 0 Å². The van der Waals surface area contributed by atoms with Crippen LogP contribution < -0.4 is 0 Å². The Bertz CT molecular complexity index is 146. The van der Waals surface area contributed by atoms with Gasteiger partial charge in [-0.25, -0.2) is 0 Å². The van der Waals surface area contributed by atoms with Gasteiger partial charge in [-0.1, -0.05) is 0 Å². The van der Waals surface area contributed by atoms with Crippen molar-refractivity contribution in [2.75, 3.05) is 13.2 Å². The maximum absolute atomic E-state index is 10.0. The third kappa shape index (κ3) is 7.32. The SMILES string of the molecule is O=C(Cl)C=COCC(O)CO. The minimum atomic E-state index is -0.926. The van der Waals surface area contributed by atoms with Gasteiger partial charge >= 0.3 is 0 Å². The Labute approximate surface area is 69.0 Å². The van der Waals surface area contributed by atoms with Gasteiger partial charge < -0.3 is 14.9 Å². The normalized spacial score (nSPS) is 13.4. The Morgan fingerprint density at radius 3 is 2.82 bits per heavy atom. The molecule has 0 rings (SSSR count). The van der Waals surface area contributed by atoms with E-state index in [1.807, 2.05) is 0 Å². The molecule has 0 spiro atoms. The lowest BCUT2D eigenvalue weighted by Gasteiger charge is -2.04. The molecule has 0 saturated heterocycles. The Balaban J connectivity index is 3.33. The van der Waals surface area contributed by atoms with Crippen molar-refractivity contribution in [2.24, 2.45) is 0 Å². The number of carbonyl (C=O) groups is 1. The molecule has 64 valence electrons. The Hall–Kier alpha value is -0.580. The Morgan fingerprint density at radius 2 is 2.36 bits per heavy atom. The molecular formula is C6H9ClO4. The molecule has 11 heavy (non-hydrogen) atoms. The van der Waals surface area contributed by atoms with Crippen molar-refractivity contribution in [1.29, 1.82) is 0 Å². The van der Waals surface area contributed by atoms with Crippen molar-refractivity contribution in [3.8, 4) is 0 Å². The fourth-order valence-electron chi connectivity index (χ4n) is 0.321. The van der Waals surface area contributed by atoms with Crippen molar-refractivity contribution < 1.29 is 19.7 Å². The summed E-state index contributed by atoms with van der Waals surface area (Å²) in [6, 6.07) is 0. The van der Waals surface area contributed by atoms with E-state index < -0.39 is 11.3 Å². The molecule has 0 aromatic carbocycles. The quantitative estimate of drug-likeness (QED) is 0.344. The highest BCUT2D eigenvalue weighted by molar-refractivity contribution is 6.66. The summed E-state index contributed by atoms with van der Waals surface area (Å²) in [5.41, 5.74) is 0. The first-order valence-electron chi connectivity index (χ1n) is 2.93. The maximum Gasteiger partial charge on any atom is 0.248 e. The molecule has 0 heterocycles. The number of halogens is 1. The van der Waals surface area contributed by atoms with E-state index in [0.717, 1.165) is 12.3 Å². The number of aliphatic hydroxyl groups excluding tert-OH is 2. The number of hydrogen-bond donors (Lipinski definition) is 2. The molecule has 1 atom stereocenters. The number of carbonyl (C=O) groups excluding carboxylic acids is 1. The van der Waals surface area contributed by atoms with Crippen LogP contribution in [0.5, 0.6) is 0 Å². The summed E-state index contributed by atoms with van der Waals surface area (Å²) in [4.78, 5) is 10.0. The van der Waals surface area contributed by atoms with E-state index in [1.165, 1.54) is 0 Å². The summed E-state index contributed by atoms with van der Waals surface area (Å²) in [5, 5.41) is 16.3. The Kier molecular flexibility index (Phi) is 5.83. The third-order valence-corrected chi connectivity index (χ3v) is 0.921. The molecule has 0 aliphatic heterocycles. The average Bonchev–Trinajstić information content (AvgIpc) is 1.97. The van der Waals surface area contributed by atoms with Gasteiger partial charge in [0.25, 0.3) is 0 Å². The van der Waals surface area contributed by atoms with Crippen LogP contribution in [0.15, 0.2) is 12.3 Å². The number of aliphatic hydroxyl groups is 2. The van der Waals surface area contributed by atoms with E-state index in [9.17, 15) is 4.79 Å². The minimum Gasteiger partial charge on any atom is -0.498 e. The molecule has 0 aromatic heterocycles. The summed E-state index contributed by atoms with van der Waals surface area (Å²) in [7, 11) is 0. The Morgan fingerprint density at radius 1 is 1.73 bits per heavy atom. The zero-order valence-corrected chi connectivity index (χ0v) is 6.49. The van der Waals surface area contributed by atoms with Crippen LogP contribution in [0.1, 0.15) is 0 Å². The molecule has 0 aliphatic carbocycles. The first-order chi connectivity index (χ1) is 5.16. The summed E-state index contributed by atoms with van der Waals surface area (Å²) in [6.07, 6.45) is 1.14. The topological polar surface area (TPSA) is 66.8 Å². The van der Waals surface area contributed by atoms with Gasteiger partial charge in [0.15, 0.2) is 0 Å². The van der Waals surface area contributed by atoms with E-state index in [4.69, 9.17) is 21.8 Å². The van der Waals surface area contributed by atoms with Gasteiger partial charge in [0, 0.05) is 6.08 Å². The van der Waals surface area contributed by atoms with Crippen LogP contribution in [0, 0.1) is 0 Å². The average molecular weight is 181 g/mol. The number of rotatable bonds is 5. The minimum absolute atomic E-state index is 0.0584. The van der Waals surface area contributed by atoms with Gasteiger partial charge in [-0.15, -0.1) is 0 Å². The maximum atomic E-state index is 10.0. The summed E-state index contributed by atoms with van der Waals surface area (Å²) >= 11 is 4.91. The predicted octanol–water partition coefficient (Wildman–Crippen LogP) is -0.365. The molecule has 1 unspecified atom stereocenters. The van der Waals surface area contributed by atoms with Crippen LogP contribution >= 0.6 is 11.6 Å². The molecule has 0 aliphatic rings. The lowest BCUT2D eigenvalue weighted by Crippen LogP contribution is -2.17. The van der Waals surface area contributed by atoms with Crippen molar-refractivity contribution in [2.45, 2.75) is 6.10 Å². The van der Waals surface area contributed by atoms with E-state index in [-0.39, 0.29) is 13.2 Å². The number of hydrogen-bond acceptors (Lipinski definition) is 4. The van der Waals surface area contributed by atoms with Crippen LogP contribution in [-0.4, -0.2) is 34.8 Å². The smallest absolute Gasteiger partial charge is 0.248 e. The van der Waals surface area contributed by atoms with E-state index in [2.05, 4.69) is 4.74 Å². The van der Waals surface area contributed by atoms with Crippen LogP contribution in [-0.2, 0) is 9.53 Å². The van der Waals surface area contributed by atoms with Gasteiger partial charge in [-0.2, -0.15) is 0 Å². The zero-order chi connectivity index (χ0) is 8.69. The zero-order valence-electron chi connectivity index (χ0n) is 5.74. The highest BCUT2D eigenvalue weighted by atomic mass is 35.5. The van der Waals surface area contributed by atoms with Gasteiger partial charge in [0.2, 0.25) is 5.24 Å². The molecule has 0 aromatic rings. The van der Waals surface area contributed by atoms with E-state index >= 15 is 0 Å². The lowest BCUT2D eigenvalue weighted by atomic mass is 10.4. The molecule has 0 amide bonds. The first kappa shape index (κ1) is 10.4. The fraction of sp³-hybridized carbons (Fsp3) is 0.500. The molecule has 0 fully saturated rings. The molecule has 5 heteroatoms. The van der Waals surface area contributed by atoms with E-state index in [1.54, 1.807) is 0 Å². The molecule has 0 saturated carbocycles. The van der Waals surface area contributed by atoms with Crippen molar-refractivity contribution in [3.05, 3.63) is 12.3 Å². The molecule has 0 bridgehead atoms. The molecule has 2 N–H and O–H groups in total. The van der Waals surface area contributed by atoms with Crippen LogP contribution in [0.25, 0.3) is 0 Å². The summed E-state index contributed by atoms with van der Waals surface area (Å²) < 4.78 is 4.60. The first-order valence-corrected chi connectivity index (χ1v) is 3.31. The van der Waals surface area contributed by atoms with Crippen LogP contribution in [0.3, 0.4) is 0 Å². The largest absolute Gasteiger partial charge is 0.498 e. The second kappa shape index (κ2) is 6.15. The number of ether oxygens (including phenoxy) is 1. The summed E-state index contributed by atoms with van der Waals surface area (Å²) in [5.74, 6) is 0. The summed E-state index contributed by atoms with van der Waals surface area (Å²) in [6.45, 7) is -0.431. The third-order valence-electron chi connectivity index (χ3n) is 0.795. The lowest BCUT2D eigenvalue weighted by molar-refractivity contribution is -0.107. The standard InChI is InChI=1S/C6H9ClO4/c7-6(10)1-2-11-4-5(9)3-8/h1-2,5,8-9H,3-4H2. The highest BCUT2D eigenvalue weighted by Gasteiger charge is 1.98. The van der Waals surface area contributed by atoms with Crippen LogP contribution in [0.4, 0.5) is 0 Å². The molecular weight excluding hydrogens is 172 g/mol.